The van der Waals surface area contributed by atoms with Crippen LogP contribution in [0.3, 0.4) is 0 Å². The van der Waals surface area contributed by atoms with Crippen LogP contribution in [0, 0.1) is 0 Å². The first-order valence-electron chi connectivity index (χ1n) is 18.7. The Morgan fingerprint density at radius 1 is 0.434 bits per heavy atom. The van der Waals surface area contributed by atoms with Crippen LogP contribution in [0.15, 0.2) is 102 Å². The third-order valence-electron chi connectivity index (χ3n) is 10.2. The maximum atomic E-state index is 6.63. The predicted molar refractivity (Wildman–Crippen MR) is 221 cm³/mol. The Labute approximate surface area is 315 Å². The average molecular weight is 701 g/mol. The molecule has 5 nitrogen and oxygen atoms in total. The summed E-state index contributed by atoms with van der Waals surface area (Å²) in [6.45, 7) is 27.1. The van der Waals surface area contributed by atoms with Gasteiger partial charge in [0.05, 0.1) is 5.69 Å². The van der Waals surface area contributed by atoms with Crippen molar-refractivity contribution >= 4 is 21.9 Å². The number of aromatic nitrogens is 4. The van der Waals surface area contributed by atoms with Crippen LogP contribution in [0.4, 0.5) is 0 Å². The molecule has 7 rings (SSSR count). The van der Waals surface area contributed by atoms with E-state index in [1.54, 1.807) is 0 Å². The Bertz CT molecular complexity index is 2320. The number of hydrogen-bond donors (Lipinski definition) is 0. The van der Waals surface area contributed by atoms with Gasteiger partial charge >= 0.3 is 0 Å². The molecular formula is C48H52N4O. The van der Waals surface area contributed by atoms with Gasteiger partial charge in [0.15, 0.2) is 17.5 Å². The van der Waals surface area contributed by atoms with E-state index in [4.69, 9.17) is 19.4 Å². The van der Waals surface area contributed by atoms with E-state index in [9.17, 15) is 0 Å². The maximum Gasteiger partial charge on any atom is 0.164 e. The molecule has 7 aromatic rings. The summed E-state index contributed by atoms with van der Waals surface area (Å²) in [5.41, 5.74) is 11.0. The van der Waals surface area contributed by atoms with Crippen LogP contribution in [0.2, 0.25) is 0 Å². The third-order valence-corrected chi connectivity index (χ3v) is 10.2. The lowest BCUT2D eigenvalue weighted by atomic mass is 9.79. The molecule has 0 aliphatic carbocycles. The van der Waals surface area contributed by atoms with E-state index < -0.39 is 0 Å². The number of pyridine rings is 1. The van der Waals surface area contributed by atoms with Crippen LogP contribution in [-0.4, -0.2) is 19.9 Å². The van der Waals surface area contributed by atoms with Crippen molar-refractivity contribution in [2.75, 3.05) is 0 Å². The summed E-state index contributed by atoms with van der Waals surface area (Å²) in [6, 6.07) is 32.2. The van der Waals surface area contributed by atoms with Crippen LogP contribution >= 0.6 is 0 Å². The van der Waals surface area contributed by atoms with Crippen molar-refractivity contribution in [2.45, 2.75) is 105 Å². The maximum absolute atomic E-state index is 6.63. The van der Waals surface area contributed by atoms with Gasteiger partial charge in [0, 0.05) is 39.2 Å². The van der Waals surface area contributed by atoms with Crippen molar-refractivity contribution < 1.29 is 4.42 Å². The van der Waals surface area contributed by atoms with Gasteiger partial charge in [-0.1, -0.05) is 119 Å². The highest BCUT2D eigenvalue weighted by Crippen LogP contribution is 2.39. The van der Waals surface area contributed by atoms with Gasteiger partial charge in [-0.05, 0) is 98.5 Å². The number of nitrogens with zero attached hydrogens (tertiary/aromatic N) is 4. The fourth-order valence-corrected chi connectivity index (χ4v) is 6.67. The minimum atomic E-state index is -0.0577. The van der Waals surface area contributed by atoms with E-state index in [1.165, 1.54) is 22.3 Å². The number of para-hydroxylation sites is 1. The molecule has 3 aromatic heterocycles. The topological polar surface area (TPSA) is 64.7 Å². The van der Waals surface area contributed by atoms with Gasteiger partial charge in [-0.15, -0.1) is 0 Å². The van der Waals surface area contributed by atoms with Gasteiger partial charge in [-0.25, -0.2) is 15.0 Å². The van der Waals surface area contributed by atoms with Crippen LogP contribution in [0.25, 0.3) is 67.4 Å². The van der Waals surface area contributed by atoms with E-state index in [1.807, 2.05) is 24.4 Å². The largest absolute Gasteiger partial charge is 0.455 e. The van der Waals surface area contributed by atoms with E-state index in [0.717, 1.165) is 49.9 Å². The molecule has 0 fully saturated rings. The first kappa shape index (κ1) is 36.2. The molecule has 53 heavy (non-hydrogen) atoms. The minimum Gasteiger partial charge on any atom is -0.455 e. The first-order valence-corrected chi connectivity index (χ1v) is 18.7. The lowest BCUT2D eigenvalue weighted by Gasteiger charge is -2.26. The second-order valence-corrected chi connectivity index (χ2v) is 18.6. The fourth-order valence-electron chi connectivity index (χ4n) is 6.67. The Balaban J connectivity index is 1.48. The van der Waals surface area contributed by atoms with Crippen molar-refractivity contribution in [2.24, 2.45) is 0 Å². The lowest BCUT2D eigenvalue weighted by molar-refractivity contribution is 0.568. The van der Waals surface area contributed by atoms with E-state index >= 15 is 0 Å². The van der Waals surface area contributed by atoms with E-state index in [0.29, 0.717) is 17.5 Å². The standard InChI is InChI=1S/C48H52N4O/c1-45(2,3)32-22-30(23-33(27-32)46(4,5)6)43-50-42(51-44(52-43)31-24-34(47(7,8)9)28-35(25-31)48(10,11)12)29-19-20-36-37-16-15-17-38(39-18-13-14-21-49-39)41(37)53-40(36)26-29/h13-28H,1-12H3. The summed E-state index contributed by atoms with van der Waals surface area (Å²) < 4.78 is 6.63. The molecule has 0 unspecified atom stereocenters. The molecule has 5 heteroatoms. The van der Waals surface area contributed by atoms with Gasteiger partial charge in [0.2, 0.25) is 0 Å². The highest BCUT2D eigenvalue weighted by atomic mass is 16.3. The number of benzene rings is 4. The monoisotopic (exact) mass is 700 g/mol. The average Bonchev–Trinajstić information content (AvgIpc) is 3.48. The van der Waals surface area contributed by atoms with Gasteiger partial charge in [-0.2, -0.15) is 0 Å². The first-order chi connectivity index (χ1) is 24.8. The number of fused-ring (bicyclic) bond motifs is 3. The summed E-state index contributed by atoms with van der Waals surface area (Å²) in [7, 11) is 0. The Kier molecular flexibility index (Phi) is 8.71. The zero-order valence-corrected chi connectivity index (χ0v) is 33.4. The zero-order valence-electron chi connectivity index (χ0n) is 33.4. The van der Waals surface area contributed by atoms with Crippen molar-refractivity contribution in [1.29, 1.82) is 0 Å². The number of hydrogen-bond acceptors (Lipinski definition) is 5. The van der Waals surface area contributed by atoms with Gasteiger partial charge in [0.25, 0.3) is 0 Å². The molecule has 4 aromatic carbocycles. The molecule has 0 amide bonds. The van der Waals surface area contributed by atoms with Gasteiger partial charge < -0.3 is 4.42 Å². The van der Waals surface area contributed by atoms with Crippen molar-refractivity contribution in [3.8, 4) is 45.4 Å². The third kappa shape index (κ3) is 7.27. The molecule has 0 atom stereocenters. The minimum absolute atomic E-state index is 0.0577. The van der Waals surface area contributed by atoms with Crippen LogP contribution in [0.1, 0.15) is 105 Å². The van der Waals surface area contributed by atoms with Gasteiger partial charge in [0.1, 0.15) is 11.2 Å². The van der Waals surface area contributed by atoms with E-state index in [-0.39, 0.29) is 21.7 Å². The fraction of sp³-hybridized carbons (Fsp3) is 0.333. The summed E-state index contributed by atoms with van der Waals surface area (Å²) in [6.07, 6.45) is 1.81. The van der Waals surface area contributed by atoms with Crippen LogP contribution in [0.5, 0.6) is 0 Å². The molecule has 0 N–H and O–H groups in total. The van der Waals surface area contributed by atoms with Crippen molar-refractivity contribution in [3.05, 3.63) is 119 Å². The SMILES string of the molecule is CC(C)(C)c1cc(-c2nc(-c3cc(C(C)(C)C)cc(C(C)(C)C)c3)nc(-c3ccc4c(c3)oc3c(-c5ccccn5)cccc34)n2)cc(C(C)(C)C)c1. The summed E-state index contributed by atoms with van der Waals surface area (Å²) >= 11 is 0. The Morgan fingerprint density at radius 2 is 0.925 bits per heavy atom. The van der Waals surface area contributed by atoms with Gasteiger partial charge in [-0.3, -0.25) is 4.98 Å². The highest BCUT2D eigenvalue weighted by Gasteiger charge is 2.25. The zero-order chi connectivity index (χ0) is 38.1. The Morgan fingerprint density at radius 3 is 1.38 bits per heavy atom. The molecule has 0 spiro atoms. The normalized spacial score (nSPS) is 12.9. The molecule has 0 aliphatic heterocycles. The molecule has 0 radical (unpaired) electrons. The molecule has 270 valence electrons. The van der Waals surface area contributed by atoms with Crippen LogP contribution < -0.4 is 0 Å². The lowest BCUT2D eigenvalue weighted by Crippen LogP contribution is -2.17. The molecule has 0 aliphatic rings. The quantitative estimate of drug-likeness (QED) is 0.183. The highest BCUT2D eigenvalue weighted by molar-refractivity contribution is 6.10. The van der Waals surface area contributed by atoms with E-state index in [2.05, 4.69) is 161 Å². The second kappa shape index (κ2) is 12.8. The van der Waals surface area contributed by atoms with Crippen molar-refractivity contribution in [3.63, 3.8) is 0 Å². The summed E-state index contributed by atoms with van der Waals surface area (Å²) in [4.78, 5) is 20.4. The predicted octanol–water partition coefficient (Wildman–Crippen LogP) is 13.0. The molecule has 0 bridgehead atoms. The summed E-state index contributed by atoms with van der Waals surface area (Å²) in [5.74, 6) is 1.92. The number of rotatable bonds is 4. The molecular weight excluding hydrogens is 649 g/mol. The molecule has 3 heterocycles. The van der Waals surface area contributed by atoms with Crippen LogP contribution in [-0.2, 0) is 21.7 Å². The number of furan rings is 1. The second-order valence-electron chi connectivity index (χ2n) is 18.6. The van der Waals surface area contributed by atoms with Crippen molar-refractivity contribution in [1.82, 2.24) is 19.9 Å². The summed E-state index contributed by atoms with van der Waals surface area (Å²) in [5, 5.41) is 2.09. The molecule has 0 saturated carbocycles. The molecule has 0 saturated heterocycles. The smallest absolute Gasteiger partial charge is 0.164 e. The Hall–Kier alpha value is -5.16.